The van der Waals surface area contributed by atoms with Crippen molar-refractivity contribution in [3.05, 3.63) is 59.3 Å². The molecular weight excluding hydrogens is 457 g/mol. The lowest BCUT2D eigenvalue weighted by Crippen LogP contribution is -2.50. The molecule has 0 bridgehead atoms. The van der Waals surface area contributed by atoms with E-state index < -0.39 is 47.5 Å². The molecule has 1 aliphatic heterocycles. The Morgan fingerprint density at radius 3 is 2.74 bits per heavy atom. The molecule has 1 fully saturated rings. The van der Waals surface area contributed by atoms with Crippen LogP contribution in [0.3, 0.4) is 0 Å². The van der Waals surface area contributed by atoms with E-state index in [1.165, 1.54) is 18.3 Å². The molecule has 11 heteroatoms. The van der Waals surface area contributed by atoms with Crippen molar-refractivity contribution in [3.63, 3.8) is 0 Å². The molecule has 3 atom stereocenters. The molecule has 0 aliphatic carbocycles. The number of hydrogen-bond acceptors (Lipinski definition) is 6. The first-order valence-electron chi connectivity index (χ1n) is 10.6. The summed E-state index contributed by atoms with van der Waals surface area (Å²) in [6.07, 6.45) is 0.890. The number of benzene rings is 1. The standard InChI is InChI=1S/C23H25F3N2O6/c1-13(32-2)22(23(31)34-12-17-4-3-7-33-17)27-19(29)10-16-5-6-20(30)28(16)11-14-8-15(24)9-18(25)21(14)26/h3-4,7-9,13,16,22H,5-6,10-12H2,1-2H3,(H,27,29)/t13-,16+,22+/m1/s1. The lowest BCUT2D eigenvalue weighted by atomic mass is 10.1. The van der Waals surface area contributed by atoms with Crippen LogP contribution in [0.2, 0.25) is 0 Å². The highest BCUT2D eigenvalue weighted by molar-refractivity contribution is 5.86. The fraction of sp³-hybridized carbons (Fsp3) is 0.435. The number of furan rings is 1. The van der Waals surface area contributed by atoms with Crippen molar-refractivity contribution in [3.8, 4) is 0 Å². The lowest BCUT2D eigenvalue weighted by molar-refractivity contribution is -0.153. The first kappa shape index (κ1) is 25.3. The second-order valence-electron chi connectivity index (χ2n) is 7.95. The molecule has 3 rings (SSSR count). The number of likely N-dealkylation sites (tertiary alicyclic amines) is 1. The van der Waals surface area contributed by atoms with Gasteiger partial charge in [0.15, 0.2) is 17.7 Å². The molecular formula is C23H25F3N2O6. The molecule has 1 N–H and O–H groups in total. The van der Waals surface area contributed by atoms with Crippen LogP contribution in [0.5, 0.6) is 0 Å². The largest absolute Gasteiger partial charge is 0.466 e. The predicted octanol–water partition coefficient (Wildman–Crippen LogP) is 2.84. The van der Waals surface area contributed by atoms with Gasteiger partial charge in [0.05, 0.1) is 12.4 Å². The van der Waals surface area contributed by atoms with Crippen LogP contribution in [0.1, 0.15) is 37.5 Å². The van der Waals surface area contributed by atoms with E-state index in [0.717, 1.165) is 6.07 Å². The highest BCUT2D eigenvalue weighted by Crippen LogP contribution is 2.26. The van der Waals surface area contributed by atoms with Crippen molar-refractivity contribution in [2.75, 3.05) is 7.11 Å². The van der Waals surface area contributed by atoms with Gasteiger partial charge < -0.3 is 24.1 Å². The number of carbonyl (C=O) groups is 3. The van der Waals surface area contributed by atoms with Gasteiger partial charge in [-0.2, -0.15) is 0 Å². The molecule has 0 unspecified atom stereocenters. The van der Waals surface area contributed by atoms with Crippen molar-refractivity contribution in [1.82, 2.24) is 10.2 Å². The maximum Gasteiger partial charge on any atom is 0.331 e. The first-order valence-corrected chi connectivity index (χ1v) is 10.6. The summed E-state index contributed by atoms with van der Waals surface area (Å²) in [5, 5.41) is 2.55. The van der Waals surface area contributed by atoms with Crippen molar-refractivity contribution in [2.24, 2.45) is 0 Å². The van der Waals surface area contributed by atoms with Gasteiger partial charge >= 0.3 is 5.97 Å². The van der Waals surface area contributed by atoms with E-state index in [0.29, 0.717) is 18.2 Å². The Morgan fingerprint density at radius 2 is 2.06 bits per heavy atom. The molecule has 1 saturated heterocycles. The molecule has 1 aliphatic rings. The molecule has 2 heterocycles. The number of nitrogens with one attached hydrogen (secondary N) is 1. The van der Waals surface area contributed by atoms with Crippen LogP contribution in [-0.4, -0.2) is 48.0 Å². The van der Waals surface area contributed by atoms with Crippen LogP contribution in [0.4, 0.5) is 13.2 Å². The predicted molar refractivity (Wildman–Crippen MR) is 111 cm³/mol. The first-order chi connectivity index (χ1) is 16.2. The van der Waals surface area contributed by atoms with Gasteiger partial charge in [0.25, 0.3) is 0 Å². The Hall–Kier alpha value is -3.34. The number of carbonyl (C=O) groups excluding carboxylic acids is 3. The average Bonchev–Trinajstić information content (AvgIpc) is 3.44. The van der Waals surface area contributed by atoms with E-state index in [1.807, 2.05) is 0 Å². The van der Waals surface area contributed by atoms with Crippen LogP contribution in [0, 0.1) is 17.5 Å². The van der Waals surface area contributed by atoms with Gasteiger partial charge in [-0.3, -0.25) is 9.59 Å². The molecule has 34 heavy (non-hydrogen) atoms. The van der Waals surface area contributed by atoms with Crippen LogP contribution in [-0.2, 0) is 37.0 Å². The molecule has 8 nitrogen and oxygen atoms in total. The number of nitrogens with zero attached hydrogens (tertiary/aromatic N) is 1. The summed E-state index contributed by atoms with van der Waals surface area (Å²) in [4.78, 5) is 38.8. The molecule has 184 valence electrons. The maximum absolute atomic E-state index is 14.1. The van der Waals surface area contributed by atoms with Crippen LogP contribution in [0.15, 0.2) is 34.9 Å². The minimum absolute atomic E-state index is 0.0977. The van der Waals surface area contributed by atoms with Gasteiger partial charge in [0.2, 0.25) is 11.8 Å². The van der Waals surface area contributed by atoms with E-state index in [4.69, 9.17) is 13.9 Å². The van der Waals surface area contributed by atoms with Crippen molar-refractivity contribution >= 4 is 17.8 Å². The van der Waals surface area contributed by atoms with Crippen LogP contribution in [0.25, 0.3) is 0 Å². The number of ether oxygens (including phenoxy) is 2. The van der Waals surface area contributed by atoms with E-state index in [2.05, 4.69) is 5.32 Å². The van der Waals surface area contributed by atoms with Crippen LogP contribution < -0.4 is 5.32 Å². The van der Waals surface area contributed by atoms with E-state index in [9.17, 15) is 27.6 Å². The maximum atomic E-state index is 14.1. The molecule has 2 amide bonds. The van der Waals surface area contributed by atoms with Crippen molar-refractivity contribution in [2.45, 2.75) is 57.5 Å². The molecule has 0 spiro atoms. The molecule has 2 aromatic rings. The van der Waals surface area contributed by atoms with Crippen LogP contribution >= 0.6 is 0 Å². The average molecular weight is 482 g/mol. The number of esters is 1. The van der Waals surface area contributed by atoms with Gasteiger partial charge in [-0.1, -0.05) is 0 Å². The highest BCUT2D eigenvalue weighted by Gasteiger charge is 2.35. The summed E-state index contributed by atoms with van der Waals surface area (Å²) in [5.74, 6) is -4.85. The Balaban J connectivity index is 1.64. The normalized spacial score (nSPS) is 17.5. The van der Waals surface area contributed by atoms with Gasteiger partial charge in [-0.05, 0) is 31.5 Å². The van der Waals surface area contributed by atoms with E-state index in [1.54, 1.807) is 19.1 Å². The number of methoxy groups -OCH3 is 1. The summed E-state index contributed by atoms with van der Waals surface area (Å²) in [6.45, 7) is 1.06. The quantitative estimate of drug-likeness (QED) is 0.413. The second kappa shape index (κ2) is 11.2. The lowest BCUT2D eigenvalue weighted by Gasteiger charge is -2.27. The zero-order chi connectivity index (χ0) is 24.8. The Bertz CT molecular complexity index is 1030. The molecule has 0 radical (unpaired) electrons. The third-order valence-corrected chi connectivity index (χ3v) is 5.63. The zero-order valence-electron chi connectivity index (χ0n) is 18.7. The summed E-state index contributed by atoms with van der Waals surface area (Å²) < 4.78 is 56.6. The molecule has 0 saturated carbocycles. The van der Waals surface area contributed by atoms with E-state index >= 15 is 0 Å². The van der Waals surface area contributed by atoms with Crippen molar-refractivity contribution in [1.29, 1.82) is 0 Å². The number of hydrogen-bond donors (Lipinski definition) is 1. The third kappa shape index (κ3) is 6.16. The zero-order valence-corrected chi connectivity index (χ0v) is 18.7. The smallest absolute Gasteiger partial charge is 0.331 e. The Labute approximate surface area is 194 Å². The van der Waals surface area contributed by atoms with Gasteiger partial charge in [-0.25, -0.2) is 18.0 Å². The monoisotopic (exact) mass is 482 g/mol. The minimum Gasteiger partial charge on any atom is -0.466 e. The summed E-state index contributed by atoms with van der Waals surface area (Å²) >= 11 is 0. The number of halogens is 3. The molecule has 1 aromatic heterocycles. The van der Waals surface area contributed by atoms with E-state index in [-0.39, 0.29) is 37.5 Å². The summed E-state index contributed by atoms with van der Waals surface area (Å²) in [6, 6.07) is 2.71. The fourth-order valence-electron chi connectivity index (χ4n) is 3.71. The highest BCUT2D eigenvalue weighted by atomic mass is 19.2. The third-order valence-electron chi connectivity index (χ3n) is 5.63. The topological polar surface area (TPSA) is 98.1 Å². The van der Waals surface area contributed by atoms with Gasteiger partial charge in [-0.15, -0.1) is 0 Å². The summed E-state index contributed by atoms with van der Waals surface area (Å²) in [5.41, 5.74) is -0.328. The van der Waals surface area contributed by atoms with Crippen molar-refractivity contribution < 1.29 is 41.4 Å². The fourth-order valence-corrected chi connectivity index (χ4v) is 3.71. The number of amides is 2. The summed E-state index contributed by atoms with van der Waals surface area (Å²) in [7, 11) is 1.37. The Kier molecular flexibility index (Phi) is 8.32. The molecule has 1 aromatic carbocycles. The number of rotatable bonds is 10. The van der Waals surface area contributed by atoms with Gasteiger partial charge in [0, 0.05) is 44.2 Å². The Morgan fingerprint density at radius 1 is 1.29 bits per heavy atom. The van der Waals surface area contributed by atoms with Gasteiger partial charge in [0.1, 0.15) is 18.2 Å². The SMILES string of the molecule is CO[C@H](C)[C@H](NC(=O)C[C@@H]1CCC(=O)N1Cc1cc(F)cc(F)c1F)C(=O)OCc1ccco1. The minimum atomic E-state index is -1.36. The second-order valence-corrected chi connectivity index (χ2v) is 7.95.